The van der Waals surface area contributed by atoms with E-state index in [-0.39, 0.29) is 5.78 Å². The van der Waals surface area contributed by atoms with Gasteiger partial charge in [-0.05, 0) is 30.7 Å². The van der Waals surface area contributed by atoms with Gasteiger partial charge in [0.1, 0.15) is 0 Å². The fraction of sp³-hybridized carbons (Fsp3) is 0.280. The first-order valence-electron chi connectivity index (χ1n) is 10.4. The van der Waals surface area contributed by atoms with Crippen molar-refractivity contribution in [1.82, 2.24) is 14.8 Å². The minimum atomic E-state index is 0.106. The summed E-state index contributed by atoms with van der Waals surface area (Å²) in [5, 5.41) is 0. The molecule has 1 fully saturated rings. The van der Waals surface area contributed by atoms with Crippen LogP contribution < -0.4 is 0 Å². The first-order valence-corrected chi connectivity index (χ1v) is 11.3. The number of aromatic nitrogens is 1. The number of hydrogen-bond donors (Lipinski definition) is 0. The smallest absolute Gasteiger partial charge is 0.195 e. The molecule has 1 saturated heterocycles. The van der Waals surface area contributed by atoms with Crippen molar-refractivity contribution in [2.24, 2.45) is 0 Å². The first-order chi connectivity index (χ1) is 14.6. The molecule has 5 heteroatoms. The summed E-state index contributed by atoms with van der Waals surface area (Å²) in [4.78, 5) is 23.6. The number of nitrogens with zero attached hydrogens (tertiary/aromatic N) is 3. The van der Waals surface area contributed by atoms with Gasteiger partial charge in [0, 0.05) is 43.9 Å². The summed E-state index contributed by atoms with van der Waals surface area (Å²) in [7, 11) is 2.18. The summed E-state index contributed by atoms with van der Waals surface area (Å²) < 4.78 is 0. The molecule has 2 aliphatic rings. The fourth-order valence-electron chi connectivity index (χ4n) is 4.38. The van der Waals surface area contributed by atoms with Crippen molar-refractivity contribution >= 4 is 28.3 Å². The van der Waals surface area contributed by atoms with E-state index in [2.05, 4.69) is 52.2 Å². The number of carbonyl (C=O) groups excluding carboxylic acids is 1. The second kappa shape index (κ2) is 7.91. The molecule has 4 nitrogen and oxygen atoms in total. The van der Waals surface area contributed by atoms with Crippen LogP contribution in [-0.4, -0.2) is 53.8 Å². The van der Waals surface area contributed by atoms with Crippen LogP contribution in [0.25, 0.3) is 11.1 Å². The van der Waals surface area contributed by atoms with Gasteiger partial charge in [-0.2, -0.15) is 0 Å². The Morgan fingerprint density at radius 1 is 0.933 bits per heavy atom. The third-order valence-corrected chi connectivity index (χ3v) is 7.08. The van der Waals surface area contributed by atoms with Crippen molar-refractivity contribution in [3.63, 3.8) is 0 Å². The van der Waals surface area contributed by atoms with Crippen LogP contribution in [0.1, 0.15) is 37.6 Å². The van der Waals surface area contributed by atoms with Crippen LogP contribution in [0.5, 0.6) is 0 Å². The van der Waals surface area contributed by atoms with E-state index in [4.69, 9.17) is 0 Å². The molecule has 2 heterocycles. The van der Waals surface area contributed by atoms with Gasteiger partial charge in [0.05, 0.1) is 21.7 Å². The number of hydrogen-bond acceptors (Lipinski definition) is 5. The van der Waals surface area contributed by atoms with Crippen LogP contribution in [-0.2, 0) is 6.54 Å². The normalized spacial score (nSPS) is 17.6. The monoisotopic (exact) mass is 415 g/mol. The molecule has 2 aromatic carbocycles. The SMILES string of the molecule is Cc1ncsc1C1=C(c2ccc(CN3CCN(C)CC3)cc2)c2ccccc2C1=O. The number of fused-ring (bicyclic) bond motifs is 1. The van der Waals surface area contributed by atoms with Gasteiger partial charge in [-0.25, -0.2) is 4.98 Å². The average molecular weight is 416 g/mol. The number of carbonyl (C=O) groups is 1. The zero-order valence-electron chi connectivity index (χ0n) is 17.4. The van der Waals surface area contributed by atoms with Crippen LogP contribution in [0.15, 0.2) is 54.0 Å². The maximum absolute atomic E-state index is 13.3. The van der Waals surface area contributed by atoms with E-state index >= 15 is 0 Å². The summed E-state index contributed by atoms with van der Waals surface area (Å²) in [5.41, 5.74) is 8.80. The standard InChI is InChI=1S/C25H25N3OS/c1-17-25(30-16-26-17)23-22(20-5-3-4-6-21(20)24(23)29)19-9-7-18(8-10-19)15-28-13-11-27(2)12-14-28/h3-10,16H,11-15H2,1-2H3. The Morgan fingerprint density at radius 2 is 1.63 bits per heavy atom. The van der Waals surface area contributed by atoms with Gasteiger partial charge in [0.15, 0.2) is 5.78 Å². The molecular formula is C25H25N3OS. The van der Waals surface area contributed by atoms with Crippen molar-refractivity contribution < 1.29 is 4.79 Å². The molecule has 0 N–H and O–H groups in total. The molecular weight excluding hydrogens is 390 g/mol. The Kier molecular flexibility index (Phi) is 5.11. The Morgan fingerprint density at radius 3 is 2.30 bits per heavy atom. The molecule has 1 aromatic heterocycles. The highest BCUT2D eigenvalue weighted by Crippen LogP contribution is 2.43. The third kappa shape index (κ3) is 3.43. The number of piperazine rings is 1. The van der Waals surface area contributed by atoms with E-state index in [1.807, 2.05) is 30.6 Å². The summed E-state index contributed by atoms with van der Waals surface area (Å²) >= 11 is 1.55. The second-order valence-electron chi connectivity index (χ2n) is 8.17. The predicted octanol–water partition coefficient (Wildman–Crippen LogP) is 4.35. The highest BCUT2D eigenvalue weighted by atomic mass is 32.1. The molecule has 152 valence electrons. The zero-order valence-corrected chi connectivity index (χ0v) is 18.2. The molecule has 0 atom stereocenters. The van der Waals surface area contributed by atoms with E-state index in [1.54, 1.807) is 11.3 Å². The molecule has 5 rings (SSSR count). The van der Waals surface area contributed by atoms with E-state index in [9.17, 15) is 4.79 Å². The lowest BCUT2D eigenvalue weighted by atomic mass is 9.96. The van der Waals surface area contributed by atoms with Gasteiger partial charge >= 0.3 is 0 Å². The molecule has 3 aromatic rings. The van der Waals surface area contributed by atoms with E-state index < -0.39 is 0 Å². The molecule has 30 heavy (non-hydrogen) atoms. The fourth-order valence-corrected chi connectivity index (χ4v) is 5.23. The van der Waals surface area contributed by atoms with E-state index in [1.165, 1.54) is 5.56 Å². The van der Waals surface area contributed by atoms with Crippen LogP contribution >= 0.6 is 11.3 Å². The van der Waals surface area contributed by atoms with Gasteiger partial charge in [0.2, 0.25) is 0 Å². The molecule has 0 saturated carbocycles. The third-order valence-electron chi connectivity index (χ3n) is 6.14. The number of likely N-dealkylation sites (N-methyl/N-ethyl adjacent to an activating group) is 1. The highest BCUT2D eigenvalue weighted by Gasteiger charge is 2.32. The van der Waals surface area contributed by atoms with Gasteiger partial charge in [-0.3, -0.25) is 9.69 Å². The van der Waals surface area contributed by atoms with Crippen molar-refractivity contribution in [2.75, 3.05) is 33.2 Å². The molecule has 0 spiro atoms. The Bertz CT molecular complexity index is 1120. The first kappa shape index (κ1) is 19.4. The minimum absolute atomic E-state index is 0.106. The number of thiazole rings is 1. The highest BCUT2D eigenvalue weighted by molar-refractivity contribution is 7.11. The number of allylic oxidation sites excluding steroid dienone is 1. The summed E-state index contributed by atoms with van der Waals surface area (Å²) in [6.45, 7) is 7.43. The lowest BCUT2D eigenvalue weighted by molar-refractivity contribution is 0.105. The second-order valence-corrected chi connectivity index (χ2v) is 9.02. The van der Waals surface area contributed by atoms with Gasteiger partial charge in [0.25, 0.3) is 0 Å². The minimum Gasteiger partial charge on any atom is -0.304 e. The van der Waals surface area contributed by atoms with Crippen LogP contribution in [0.3, 0.4) is 0 Å². The van der Waals surface area contributed by atoms with Gasteiger partial charge in [-0.15, -0.1) is 11.3 Å². The van der Waals surface area contributed by atoms with Crippen molar-refractivity contribution in [1.29, 1.82) is 0 Å². The van der Waals surface area contributed by atoms with Crippen molar-refractivity contribution in [3.8, 4) is 0 Å². The van der Waals surface area contributed by atoms with E-state index in [0.29, 0.717) is 0 Å². The molecule has 1 aliphatic heterocycles. The maximum Gasteiger partial charge on any atom is 0.195 e. The quantitative estimate of drug-likeness (QED) is 0.635. The molecule has 0 bridgehead atoms. The Labute approximate surface area is 181 Å². The number of benzene rings is 2. The summed E-state index contributed by atoms with van der Waals surface area (Å²) in [6, 6.07) is 16.7. The number of Topliss-reactive ketones (excluding diaryl/α,β-unsaturated/α-hetero) is 1. The number of ketones is 1. The van der Waals surface area contributed by atoms with Gasteiger partial charge < -0.3 is 4.90 Å². The summed E-state index contributed by atoms with van der Waals surface area (Å²) in [6.07, 6.45) is 0. The topological polar surface area (TPSA) is 36.4 Å². The van der Waals surface area contributed by atoms with Crippen LogP contribution in [0.4, 0.5) is 0 Å². The lowest BCUT2D eigenvalue weighted by Gasteiger charge is -2.32. The maximum atomic E-state index is 13.3. The lowest BCUT2D eigenvalue weighted by Crippen LogP contribution is -2.43. The molecule has 0 unspecified atom stereocenters. The van der Waals surface area contributed by atoms with Crippen molar-refractivity contribution in [3.05, 3.63) is 86.9 Å². The number of rotatable bonds is 4. The van der Waals surface area contributed by atoms with Crippen LogP contribution in [0.2, 0.25) is 0 Å². The molecule has 1 aliphatic carbocycles. The molecule has 0 amide bonds. The van der Waals surface area contributed by atoms with Crippen molar-refractivity contribution in [2.45, 2.75) is 13.5 Å². The Balaban J connectivity index is 1.51. The predicted molar refractivity (Wildman–Crippen MR) is 123 cm³/mol. The zero-order chi connectivity index (χ0) is 20.7. The van der Waals surface area contributed by atoms with E-state index in [0.717, 1.165) is 71.1 Å². The average Bonchev–Trinajstić information content (AvgIpc) is 3.31. The van der Waals surface area contributed by atoms with Crippen LogP contribution in [0, 0.1) is 6.92 Å². The van der Waals surface area contributed by atoms with Gasteiger partial charge in [-0.1, -0.05) is 48.5 Å². The molecule has 0 radical (unpaired) electrons. The number of aryl methyl sites for hydroxylation is 1. The summed E-state index contributed by atoms with van der Waals surface area (Å²) in [5.74, 6) is 0.106. The Hall–Kier alpha value is -2.60. The largest absolute Gasteiger partial charge is 0.304 e.